The van der Waals surface area contributed by atoms with Gasteiger partial charge in [-0.15, -0.1) is 0 Å². The first-order valence-electron chi connectivity index (χ1n) is 5.63. The number of likely N-dealkylation sites (N-methyl/N-ethyl adjacent to an activating group) is 2. The highest BCUT2D eigenvalue weighted by Gasteiger charge is 2.28. The van der Waals surface area contributed by atoms with E-state index in [1.807, 2.05) is 0 Å². The SMILES string of the molecule is CN(C)CC[CH2][Al]1[CH2]N(C)CC[N]1C. The second-order valence-corrected chi connectivity index (χ2v) is 7.97. The maximum absolute atomic E-state index is 2.65. The fraction of sp³-hybridized carbons (Fsp3) is 1.00. The normalized spacial score (nSPS) is 20.8. The fourth-order valence-electron chi connectivity index (χ4n) is 2.06. The third-order valence-electron chi connectivity index (χ3n) is 3.12. The third kappa shape index (κ3) is 4.29. The first-order valence-corrected chi connectivity index (χ1v) is 7.78. The van der Waals surface area contributed by atoms with E-state index in [0.717, 1.165) is 0 Å². The van der Waals surface area contributed by atoms with Gasteiger partial charge in [0, 0.05) is 6.54 Å². The summed E-state index contributed by atoms with van der Waals surface area (Å²) in [4.78, 5) is 4.80. The summed E-state index contributed by atoms with van der Waals surface area (Å²) in [6.45, 7) is 3.80. The average Bonchev–Trinajstić information content (AvgIpc) is 2.10. The molecule has 0 radical (unpaired) electrons. The third-order valence-corrected chi connectivity index (χ3v) is 6.75. The molecule has 0 saturated carbocycles. The quantitative estimate of drug-likeness (QED) is 0.624. The zero-order valence-corrected chi connectivity index (χ0v) is 11.3. The van der Waals surface area contributed by atoms with Crippen molar-refractivity contribution in [1.82, 2.24) is 13.7 Å². The summed E-state index contributed by atoms with van der Waals surface area (Å²) >= 11 is -0.604. The minimum atomic E-state index is -0.604. The molecule has 3 nitrogen and oxygen atoms in total. The van der Waals surface area contributed by atoms with Gasteiger partial charge in [-0.25, -0.2) is 0 Å². The highest BCUT2D eigenvalue weighted by Crippen LogP contribution is 2.08. The van der Waals surface area contributed by atoms with Crippen molar-refractivity contribution >= 4 is 14.4 Å². The summed E-state index contributed by atoms with van der Waals surface area (Å²) in [5.74, 6) is 0. The van der Waals surface area contributed by atoms with Crippen molar-refractivity contribution in [1.29, 1.82) is 0 Å². The summed E-state index contributed by atoms with van der Waals surface area (Å²) < 4.78 is 2.65. The second kappa shape index (κ2) is 6.10. The topological polar surface area (TPSA) is 9.72 Å². The number of hydrogen-bond donors (Lipinski definition) is 0. The van der Waals surface area contributed by atoms with Crippen LogP contribution in [0.15, 0.2) is 0 Å². The second-order valence-electron chi connectivity index (χ2n) is 4.84. The summed E-state index contributed by atoms with van der Waals surface area (Å²) in [5, 5.41) is 2.85. The summed E-state index contributed by atoms with van der Waals surface area (Å²) in [5.41, 5.74) is 0. The molecule has 0 aromatic carbocycles. The van der Waals surface area contributed by atoms with Crippen molar-refractivity contribution in [2.45, 2.75) is 11.7 Å². The molecule has 4 heteroatoms. The molecule has 1 rings (SSSR count). The van der Waals surface area contributed by atoms with Crippen LogP contribution in [0.1, 0.15) is 6.42 Å². The van der Waals surface area contributed by atoms with E-state index < -0.39 is 14.4 Å². The Bertz CT molecular complexity index is 163. The smallest absolute Gasteiger partial charge is 0.385 e. The first-order chi connectivity index (χ1) is 6.59. The van der Waals surface area contributed by atoms with E-state index in [2.05, 4.69) is 41.9 Å². The Morgan fingerprint density at radius 2 is 1.93 bits per heavy atom. The average molecular weight is 213 g/mol. The largest absolute Gasteiger partial charge is 0.387 e. The molecule has 0 unspecified atom stereocenters. The summed E-state index contributed by atoms with van der Waals surface area (Å²) in [6.07, 6.45) is 1.38. The van der Waals surface area contributed by atoms with Gasteiger partial charge in [-0.1, -0.05) is 11.7 Å². The van der Waals surface area contributed by atoms with Gasteiger partial charge in [-0.2, -0.15) is 0 Å². The van der Waals surface area contributed by atoms with Gasteiger partial charge in [0.15, 0.2) is 0 Å². The van der Waals surface area contributed by atoms with Crippen LogP contribution in [0.3, 0.4) is 0 Å². The lowest BCUT2D eigenvalue weighted by molar-refractivity contribution is 0.299. The predicted molar refractivity (Wildman–Crippen MR) is 63.9 cm³/mol. The highest BCUT2D eigenvalue weighted by atomic mass is 27.2. The predicted octanol–water partition coefficient (Wildman–Crippen LogP) is 0.346. The number of rotatable bonds is 4. The van der Waals surface area contributed by atoms with Crippen molar-refractivity contribution in [2.24, 2.45) is 0 Å². The van der Waals surface area contributed by atoms with Crippen LogP contribution in [0.4, 0.5) is 0 Å². The van der Waals surface area contributed by atoms with Gasteiger partial charge in [0.25, 0.3) is 0 Å². The Balaban J connectivity index is 2.20. The number of hydrogen-bond acceptors (Lipinski definition) is 3. The van der Waals surface area contributed by atoms with Crippen molar-refractivity contribution in [3.8, 4) is 0 Å². The molecule has 1 fully saturated rings. The molecule has 1 aliphatic rings. The molecule has 1 heterocycles. The van der Waals surface area contributed by atoms with E-state index >= 15 is 0 Å². The van der Waals surface area contributed by atoms with Crippen LogP contribution in [0.5, 0.6) is 0 Å². The van der Waals surface area contributed by atoms with Crippen LogP contribution >= 0.6 is 0 Å². The zero-order valence-electron chi connectivity index (χ0n) is 10.2. The maximum Gasteiger partial charge on any atom is 0.387 e. The Morgan fingerprint density at radius 1 is 1.21 bits per heavy atom. The van der Waals surface area contributed by atoms with Crippen LogP contribution in [0.2, 0.25) is 5.28 Å². The van der Waals surface area contributed by atoms with Crippen LogP contribution in [0.25, 0.3) is 0 Å². The van der Waals surface area contributed by atoms with Crippen molar-refractivity contribution in [2.75, 3.05) is 53.2 Å². The molecule has 0 spiro atoms. The molecule has 0 N–H and O–H groups in total. The van der Waals surface area contributed by atoms with Gasteiger partial charge in [0.05, 0.1) is 0 Å². The van der Waals surface area contributed by atoms with Crippen LogP contribution in [-0.2, 0) is 0 Å². The lowest BCUT2D eigenvalue weighted by Crippen LogP contribution is -2.53. The zero-order chi connectivity index (χ0) is 10.6. The van der Waals surface area contributed by atoms with Gasteiger partial charge in [-0.05, 0) is 46.7 Å². The lowest BCUT2D eigenvalue weighted by atomic mass is 10.5. The Morgan fingerprint density at radius 3 is 2.57 bits per heavy atom. The number of nitrogens with zero attached hydrogens (tertiary/aromatic N) is 3. The van der Waals surface area contributed by atoms with Gasteiger partial charge in [0.2, 0.25) is 0 Å². The molecule has 0 atom stereocenters. The maximum atomic E-state index is 2.65. The van der Waals surface area contributed by atoms with E-state index in [0.29, 0.717) is 0 Å². The molecule has 1 aliphatic heterocycles. The first kappa shape index (κ1) is 12.5. The molecular formula is C10H24AlN3. The molecular weight excluding hydrogens is 189 g/mol. The molecule has 0 aromatic rings. The van der Waals surface area contributed by atoms with Crippen molar-refractivity contribution in [3.05, 3.63) is 0 Å². The van der Waals surface area contributed by atoms with E-state index in [9.17, 15) is 0 Å². The minimum absolute atomic E-state index is 0.604. The minimum Gasteiger partial charge on any atom is -0.385 e. The van der Waals surface area contributed by atoms with Crippen molar-refractivity contribution < 1.29 is 0 Å². The van der Waals surface area contributed by atoms with Crippen LogP contribution in [-0.4, -0.2) is 81.3 Å². The molecule has 0 bridgehead atoms. The molecule has 14 heavy (non-hydrogen) atoms. The van der Waals surface area contributed by atoms with E-state index in [-0.39, 0.29) is 0 Å². The Labute approximate surface area is 93.3 Å². The monoisotopic (exact) mass is 213 g/mol. The summed E-state index contributed by atoms with van der Waals surface area (Å²) in [7, 11) is 8.91. The van der Waals surface area contributed by atoms with E-state index in [1.165, 1.54) is 36.7 Å². The highest BCUT2D eigenvalue weighted by molar-refractivity contribution is 6.56. The molecule has 0 aromatic heterocycles. The van der Waals surface area contributed by atoms with Crippen molar-refractivity contribution in [3.63, 3.8) is 0 Å². The Kier molecular flexibility index (Phi) is 5.43. The van der Waals surface area contributed by atoms with Gasteiger partial charge >= 0.3 is 14.4 Å². The van der Waals surface area contributed by atoms with Gasteiger partial charge < -0.3 is 13.7 Å². The summed E-state index contributed by atoms with van der Waals surface area (Å²) in [6, 6.07) is 0. The fourth-order valence-corrected chi connectivity index (χ4v) is 4.99. The molecule has 0 amide bonds. The van der Waals surface area contributed by atoms with Crippen LogP contribution in [0, 0.1) is 0 Å². The molecule has 0 aliphatic carbocycles. The van der Waals surface area contributed by atoms with E-state index in [1.54, 1.807) is 0 Å². The van der Waals surface area contributed by atoms with E-state index in [4.69, 9.17) is 0 Å². The van der Waals surface area contributed by atoms with Gasteiger partial charge in [0.1, 0.15) is 0 Å². The van der Waals surface area contributed by atoms with Gasteiger partial charge in [-0.3, -0.25) is 0 Å². The molecule has 1 saturated heterocycles. The lowest BCUT2D eigenvalue weighted by Gasteiger charge is -2.35. The van der Waals surface area contributed by atoms with Crippen LogP contribution < -0.4 is 0 Å². The Hall–Kier alpha value is 0.412. The molecule has 82 valence electrons. The standard InChI is InChI=1S/C5H12N2.C5H12N.Al/c1-6-4-5-7(2)3;1-4-5-6(2)3;/h2,4-5H2,1,3H3;1,4-5H2,2-3H3;/q-1;;+1.